The molecular formula is C16H36N2O3. The molecule has 0 rings (SSSR count). The minimum atomic E-state index is -0.671. The van der Waals surface area contributed by atoms with Crippen LogP contribution in [0.1, 0.15) is 67.2 Å². The number of carbonyl (C=O) groups excluding carboxylic acids is 1. The second kappa shape index (κ2) is 18.9. The number of nitrogens with one attached hydrogen (secondary N) is 1. The Bertz CT molecular complexity index is 238. The highest BCUT2D eigenvalue weighted by molar-refractivity contribution is 5.78. The van der Waals surface area contributed by atoms with E-state index in [0.29, 0.717) is 0 Å². The molecular weight excluding hydrogens is 268 g/mol. The van der Waals surface area contributed by atoms with E-state index in [2.05, 4.69) is 5.32 Å². The van der Waals surface area contributed by atoms with Gasteiger partial charge in [0.1, 0.15) is 0 Å². The minimum Gasteiger partial charge on any atom is -0.481 e. The lowest BCUT2D eigenvalue weighted by Gasteiger charge is -2.10. The van der Waals surface area contributed by atoms with E-state index in [1.54, 1.807) is 0 Å². The summed E-state index contributed by atoms with van der Waals surface area (Å²) >= 11 is 0. The van der Waals surface area contributed by atoms with E-state index in [-0.39, 0.29) is 17.7 Å². The zero-order valence-corrected chi connectivity index (χ0v) is 14.7. The lowest BCUT2D eigenvalue weighted by molar-refractivity contribution is -0.141. The van der Waals surface area contributed by atoms with E-state index in [9.17, 15) is 9.59 Å². The molecule has 128 valence electrons. The van der Waals surface area contributed by atoms with Crippen LogP contribution in [-0.2, 0) is 9.59 Å². The van der Waals surface area contributed by atoms with E-state index in [4.69, 9.17) is 10.8 Å². The fourth-order valence-electron chi connectivity index (χ4n) is 1.62. The average Bonchev–Trinajstić information content (AvgIpc) is 2.43. The molecule has 0 aromatic heterocycles. The SMILES string of the molecule is CCC(CC)C(=O)O.CCN.CCNC(=O)C(CC)CC. The zero-order valence-electron chi connectivity index (χ0n) is 14.7. The van der Waals surface area contributed by atoms with Gasteiger partial charge in [0.05, 0.1) is 5.92 Å². The van der Waals surface area contributed by atoms with Gasteiger partial charge in [-0.2, -0.15) is 0 Å². The van der Waals surface area contributed by atoms with Crippen molar-refractivity contribution in [1.82, 2.24) is 5.32 Å². The predicted octanol–water partition coefficient (Wildman–Crippen LogP) is 3.03. The molecule has 21 heavy (non-hydrogen) atoms. The van der Waals surface area contributed by atoms with Gasteiger partial charge in [-0.3, -0.25) is 9.59 Å². The molecule has 5 nitrogen and oxygen atoms in total. The summed E-state index contributed by atoms with van der Waals surface area (Å²) in [5.74, 6) is -0.377. The van der Waals surface area contributed by atoms with Crippen molar-refractivity contribution in [2.24, 2.45) is 17.6 Å². The van der Waals surface area contributed by atoms with E-state index in [0.717, 1.165) is 38.8 Å². The van der Waals surface area contributed by atoms with Gasteiger partial charge in [0.25, 0.3) is 0 Å². The van der Waals surface area contributed by atoms with Gasteiger partial charge in [0, 0.05) is 12.5 Å². The summed E-state index contributed by atoms with van der Waals surface area (Å²) < 4.78 is 0. The molecule has 0 saturated heterocycles. The van der Waals surface area contributed by atoms with E-state index >= 15 is 0 Å². The number of carbonyl (C=O) groups is 2. The standard InChI is InChI=1S/C8H17NO.C6H12O2.C2H7N/c1-4-7(5-2)8(10)9-6-3;1-3-5(4-2)6(7)8;1-2-3/h7H,4-6H2,1-3H3,(H,9,10);5H,3-4H2,1-2H3,(H,7,8);2-3H2,1H3. The zero-order chi connectivity index (χ0) is 17.3. The molecule has 0 radical (unpaired) electrons. The Morgan fingerprint density at radius 2 is 1.24 bits per heavy atom. The topological polar surface area (TPSA) is 92.4 Å². The first-order chi connectivity index (χ1) is 9.89. The number of aliphatic carboxylic acids is 1. The fraction of sp³-hybridized carbons (Fsp3) is 0.875. The molecule has 0 aromatic rings. The average molecular weight is 304 g/mol. The van der Waals surface area contributed by atoms with Crippen molar-refractivity contribution in [3.8, 4) is 0 Å². The van der Waals surface area contributed by atoms with Crippen molar-refractivity contribution < 1.29 is 14.7 Å². The molecule has 0 heterocycles. The third-order valence-electron chi connectivity index (χ3n) is 3.04. The van der Waals surface area contributed by atoms with Crippen LogP contribution in [0.5, 0.6) is 0 Å². The first kappa shape index (κ1) is 24.9. The molecule has 1 amide bonds. The Hall–Kier alpha value is -1.10. The van der Waals surface area contributed by atoms with Crippen LogP contribution in [0.15, 0.2) is 0 Å². The molecule has 4 N–H and O–H groups in total. The third-order valence-corrected chi connectivity index (χ3v) is 3.04. The Kier molecular flexibility index (Phi) is 22.4. The Morgan fingerprint density at radius 3 is 1.38 bits per heavy atom. The smallest absolute Gasteiger partial charge is 0.306 e. The van der Waals surface area contributed by atoms with Gasteiger partial charge in [-0.25, -0.2) is 0 Å². The maximum Gasteiger partial charge on any atom is 0.306 e. The summed E-state index contributed by atoms with van der Waals surface area (Å²) in [7, 11) is 0. The third kappa shape index (κ3) is 16.8. The number of nitrogens with two attached hydrogens (primary N) is 1. The number of hydrogen-bond acceptors (Lipinski definition) is 3. The van der Waals surface area contributed by atoms with Crippen molar-refractivity contribution in [3.05, 3.63) is 0 Å². The Labute approximate surface area is 130 Å². The van der Waals surface area contributed by atoms with E-state index < -0.39 is 5.97 Å². The summed E-state index contributed by atoms with van der Waals surface area (Å²) in [4.78, 5) is 21.3. The summed E-state index contributed by atoms with van der Waals surface area (Å²) in [5, 5.41) is 11.2. The van der Waals surface area contributed by atoms with Gasteiger partial charge in [-0.05, 0) is 39.2 Å². The van der Waals surface area contributed by atoms with Crippen LogP contribution >= 0.6 is 0 Å². The largest absolute Gasteiger partial charge is 0.481 e. The lowest BCUT2D eigenvalue weighted by Crippen LogP contribution is -2.29. The van der Waals surface area contributed by atoms with E-state index in [1.807, 2.05) is 41.5 Å². The summed E-state index contributed by atoms with van der Waals surface area (Å²) in [6.45, 7) is 13.2. The maximum atomic E-state index is 11.1. The number of carboxylic acid groups (broad SMARTS) is 1. The molecule has 0 spiro atoms. The van der Waals surface area contributed by atoms with Crippen LogP contribution in [0, 0.1) is 11.8 Å². The van der Waals surface area contributed by atoms with Gasteiger partial charge in [-0.15, -0.1) is 0 Å². The molecule has 0 aliphatic heterocycles. The number of rotatable bonds is 7. The molecule has 0 bridgehead atoms. The van der Waals surface area contributed by atoms with Gasteiger partial charge in [0.2, 0.25) is 5.91 Å². The number of amides is 1. The Balaban J connectivity index is -0.000000264. The molecule has 0 aliphatic carbocycles. The highest BCUT2D eigenvalue weighted by Crippen LogP contribution is 2.06. The van der Waals surface area contributed by atoms with Crippen LogP contribution < -0.4 is 11.1 Å². The second-order valence-electron chi connectivity index (χ2n) is 4.67. The minimum absolute atomic E-state index is 0.130. The number of carboxylic acids is 1. The van der Waals surface area contributed by atoms with Gasteiger partial charge in [0.15, 0.2) is 0 Å². The van der Waals surface area contributed by atoms with Crippen LogP contribution in [0.3, 0.4) is 0 Å². The normalized spacial score (nSPS) is 9.38. The number of hydrogen-bond donors (Lipinski definition) is 3. The van der Waals surface area contributed by atoms with Crippen LogP contribution in [0.25, 0.3) is 0 Å². The van der Waals surface area contributed by atoms with Crippen LogP contribution in [-0.4, -0.2) is 30.1 Å². The molecule has 0 saturated carbocycles. The molecule has 0 unspecified atom stereocenters. The first-order valence-electron chi connectivity index (χ1n) is 8.10. The van der Waals surface area contributed by atoms with Gasteiger partial charge in [-0.1, -0.05) is 34.6 Å². The van der Waals surface area contributed by atoms with Crippen molar-refractivity contribution in [1.29, 1.82) is 0 Å². The summed E-state index contributed by atoms with van der Waals surface area (Å²) in [6, 6.07) is 0. The summed E-state index contributed by atoms with van der Waals surface area (Å²) in [5.41, 5.74) is 4.85. The van der Waals surface area contributed by atoms with E-state index in [1.165, 1.54) is 0 Å². The van der Waals surface area contributed by atoms with Gasteiger partial charge >= 0.3 is 5.97 Å². The van der Waals surface area contributed by atoms with Crippen LogP contribution in [0.4, 0.5) is 0 Å². The van der Waals surface area contributed by atoms with Crippen molar-refractivity contribution in [3.63, 3.8) is 0 Å². The van der Waals surface area contributed by atoms with Crippen LogP contribution in [0.2, 0.25) is 0 Å². The first-order valence-corrected chi connectivity index (χ1v) is 8.10. The highest BCUT2D eigenvalue weighted by Gasteiger charge is 2.11. The molecule has 0 aliphatic rings. The molecule has 0 atom stereocenters. The van der Waals surface area contributed by atoms with Gasteiger partial charge < -0.3 is 16.2 Å². The monoisotopic (exact) mass is 304 g/mol. The van der Waals surface area contributed by atoms with Crippen molar-refractivity contribution in [2.75, 3.05) is 13.1 Å². The quantitative estimate of drug-likeness (QED) is 0.674. The predicted molar refractivity (Wildman–Crippen MR) is 89.2 cm³/mol. The van der Waals surface area contributed by atoms with Crippen molar-refractivity contribution in [2.45, 2.75) is 67.2 Å². The maximum absolute atomic E-state index is 11.1. The molecule has 0 aromatic carbocycles. The van der Waals surface area contributed by atoms with Crippen molar-refractivity contribution >= 4 is 11.9 Å². The molecule has 0 fully saturated rings. The lowest BCUT2D eigenvalue weighted by atomic mass is 10.0. The Morgan fingerprint density at radius 1 is 0.905 bits per heavy atom. The highest BCUT2D eigenvalue weighted by atomic mass is 16.4. The summed E-state index contributed by atoms with van der Waals surface area (Å²) in [6.07, 6.45) is 3.38. The fourth-order valence-corrected chi connectivity index (χ4v) is 1.62. The second-order valence-corrected chi connectivity index (χ2v) is 4.67. The molecule has 5 heteroatoms.